The van der Waals surface area contributed by atoms with E-state index in [-0.39, 0.29) is 31.1 Å². The Morgan fingerprint density at radius 2 is 0.444 bits per heavy atom. The lowest BCUT2D eigenvalue weighted by molar-refractivity contribution is -0.167. The second-order valence-corrected chi connectivity index (χ2v) is 23.8. The zero-order valence-electron chi connectivity index (χ0n) is 54.1. The molecule has 0 aromatic heterocycles. The Bertz CT molecular complexity index is 1490. The Hall–Kier alpha value is -3.15. The summed E-state index contributed by atoms with van der Waals surface area (Å²) in [7, 11) is 0. The van der Waals surface area contributed by atoms with Crippen molar-refractivity contribution in [2.45, 2.75) is 374 Å². The standard InChI is InChI=1S/C75H134O6/c1-4-7-10-13-16-19-22-25-28-31-33-34-35-36-37-38-39-40-42-44-47-50-53-56-59-62-65-68-74(77)80-71-72(70-79-73(76)67-64-61-58-55-52-49-46-43-30-27-24-21-18-15-12-9-6-3)81-75(78)69-66-63-60-57-54-51-48-45-41-32-29-26-23-20-17-14-11-8-5-2/h17-18,20-21,26-27,29-31,33,41,45,72H,4-16,19,22-25,28,32,34-40,42-44,46-71H2,1-3H3/b20-17-,21-18-,29-26-,30-27-,33-31-,45-41-. The Kier molecular flexibility index (Phi) is 66.6. The molecular formula is C75H134O6. The molecule has 1 atom stereocenters. The number of carbonyl (C=O) groups is 3. The van der Waals surface area contributed by atoms with E-state index in [1.165, 1.54) is 231 Å². The molecule has 0 aliphatic carbocycles. The van der Waals surface area contributed by atoms with Crippen LogP contribution in [0.15, 0.2) is 72.9 Å². The second-order valence-electron chi connectivity index (χ2n) is 23.8. The van der Waals surface area contributed by atoms with Crippen molar-refractivity contribution < 1.29 is 28.6 Å². The minimum Gasteiger partial charge on any atom is -0.462 e. The fourth-order valence-electron chi connectivity index (χ4n) is 10.3. The van der Waals surface area contributed by atoms with E-state index in [0.29, 0.717) is 19.3 Å². The summed E-state index contributed by atoms with van der Waals surface area (Å²) in [4.78, 5) is 38.5. The molecule has 0 aliphatic heterocycles. The highest BCUT2D eigenvalue weighted by atomic mass is 16.6. The molecule has 0 saturated heterocycles. The van der Waals surface area contributed by atoms with Gasteiger partial charge in [0.1, 0.15) is 13.2 Å². The number of allylic oxidation sites excluding steroid dienone is 12. The molecule has 0 heterocycles. The molecule has 0 radical (unpaired) electrons. The number of carbonyl (C=O) groups excluding carboxylic acids is 3. The van der Waals surface area contributed by atoms with E-state index < -0.39 is 6.10 Å². The second kappa shape index (κ2) is 69.3. The molecule has 0 rings (SSSR count). The number of hydrogen-bond donors (Lipinski definition) is 0. The molecule has 0 aromatic carbocycles. The van der Waals surface area contributed by atoms with E-state index in [2.05, 4.69) is 93.7 Å². The lowest BCUT2D eigenvalue weighted by Crippen LogP contribution is -2.30. The van der Waals surface area contributed by atoms with Gasteiger partial charge in [-0.1, -0.05) is 306 Å². The van der Waals surface area contributed by atoms with Crippen molar-refractivity contribution in [3.63, 3.8) is 0 Å². The van der Waals surface area contributed by atoms with Gasteiger partial charge >= 0.3 is 17.9 Å². The van der Waals surface area contributed by atoms with Crippen molar-refractivity contribution in [3.8, 4) is 0 Å². The molecule has 0 saturated carbocycles. The van der Waals surface area contributed by atoms with Gasteiger partial charge < -0.3 is 14.2 Å². The van der Waals surface area contributed by atoms with Crippen molar-refractivity contribution in [3.05, 3.63) is 72.9 Å². The van der Waals surface area contributed by atoms with E-state index in [0.717, 1.165) is 96.3 Å². The van der Waals surface area contributed by atoms with Crippen LogP contribution in [0.25, 0.3) is 0 Å². The number of rotatable bonds is 65. The van der Waals surface area contributed by atoms with Crippen LogP contribution in [0, 0.1) is 0 Å². The molecule has 81 heavy (non-hydrogen) atoms. The van der Waals surface area contributed by atoms with Gasteiger partial charge in [0.25, 0.3) is 0 Å². The molecule has 0 fully saturated rings. The first-order chi connectivity index (χ1) is 40.0. The van der Waals surface area contributed by atoms with Crippen LogP contribution in [0.3, 0.4) is 0 Å². The minimum absolute atomic E-state index is 0.0809. The van der Waals surface area contributed by atoms with Crippen LogP contribution in [-0.2, 0) is 28.6 Å². The molecule has 0 aliphatic rings. The summed E-state index contributed by atoms with van der Waals surface area (Å²) >= 11 is 0. The van der Waals surface area contributed by atoms with Crippen molar-refractivity contribution in [1.82, 2.24) is 0 Å². The van der Waals surface area contributed by atoms with Crippen LogP contribution < -0.4 is 0 Å². The molecule has 0 N–H and O–H groups in total. The molecule has 0 aromatic rings. The Balaban J connectivity index is 4.31. The van der Waals surface area contributed by atoms with Gasteiger partial charge in [-0.3, -0.25) is 14.4 Å². The van der Waals surface area contributed by atoms with Gasteiger partial charge in [-0.2, -0.15) is 0 Å². The first-order valence-corrected chi connectivity index (χ1v) is 35.4. The average molecular weight is 1130 g/mol. The first-order valence-electron chi connectivity index (χ1n) is 35.4. The van der Waals surface area contributed by atoms with Crippen LogP contribution in [0.2, 0.25) is 0 Å². The zero-order valence-corrected chi connectivity index (χ0v) is 54.1. The lowest BCUT2D eigenvalue weighted by atomic mass is 10.0. The highest BCUT2D eigenvalue weighted by molar-refractivity contribution is 5.71. The van der Waals surface area contributed by atoms with E-state index in [1.54, 1.807) is 0 Å². The molecule has 470 valence electrons. The normalized spacial score (nSPS) is 12.5. The highest BCUT2D eigenvalue weighted by Gasteiger charge is 2.19. The molecule has 0 spiro atoms. The predicted octanol–water partition coefficient (Wildman–Crippen LogP) is 24.4. The summed E-state index contributed by atoms with van der Waals surface area (Å²) < 4.78 is 17.0. The smallest absolute Gasteiger partial charge is 0.306 e. The maximum Gasteiger partial charge on any atom is 0.306 e. The molecule has 1 unspecified atom stereocenters. The fourth-order valence-corrected chi connectivity index (χ4v) is 10.3. The molecule has 0 amide bonds. The summed E-state index contributed by atoms with van der Waals surface area (Å²) in [5, 5.41) is 0. The third-order valence-corrected chi connectivity index (χ3v) is 15.7. The van der Waals surface area contributed by atoms with E-state index in [9.17, 15) is 14.4 Å². The van der Waals surface area contributed by atoms with Gasteiger partial charge in [0, 0.05) is 19.3 Å². The van der Waals surface area contributed by atoms with Crippen LogP contribution in [0.4, 0.5) is 0 Å². The van der Waals surface area contributed by atoms with Gasteiger partial charge in [-0.05, 0) is 116 Å². The summed E-state index contributed by atoms with van der Waals surface area (Å²) in [6, 6.07) is 0. The third kappa shape index (κ3) is 67.5. The van der Waals surface area contributed by atoms with Gasteiger partial charge in [0.15, 0.2) is 6.10 Å². The van der Waals surface area contributed by atoms with Gasteiger partial charge in [-0.15, -0.1) is 0 Å². The lowest BCUT2D eigenvalue weighted by Gasteiger charge is -2.18. The average Bonchev–Trinajstić information content (AvgIpc) is 3.47. The maximum absolute atomic E-state index is 12.9. The van der Waals surface area contributed by atoms with Gasteiger partial charge in [0.05, 0.1) is 0 Å². The Labute approximate surface area is 503 Å². The summed E-state index contributed by atoms with van der Waals surface area (Å²) in [5.41, 5.74) is 0. The topological polar surface area (TPSA) is 78.9 Å². The van der Waals surface area contributed by atoms with E-state index in [4.69, 9.17) is 14.2 Å². The van der Waals surface area contributed by atoms with Gasteiger partial charge in [-0.25, -0.2) is 0 Å². The third-order valence-electron chi connectivity index (χ3n) is 15.7. The Morgan fingerprint density at radius 3 is 0.728 bits per heavy atom. The van der Waals surface area contributed by atoms with E-state index in [1.807, 2.05) is 0 Å². The highest BCUT2D eigenvalue weighted by Crippen LogP contribution is 2.17. The summed E-state index contributed by atoms with van der Waals surface area (Å²) in [6.07, 6.45) is 90.7. The van der Waals surface area contributed by atoms with Crippen LogP contribution in [0.5, 0.6) is 0 Å². The molecular weight excluding hydrogens is 997 g/mol. The van der Waals surface area contributed by atoms with Crippen molar-refractivity contribution >= 4 is 17.9 Å². The minimum atomic E-state index is -0.787. The molecule has 0 bridgehead atoms. The number of hydrogen-bond acceptors (Lipinski definition) is 6. The Morgan fingerprint density at radius 1 is 0.247 bits per heavy atom. The maximum atomic E-state index is 12.9. The van der Waals surface area contributed by atoms with Crippen molar-refractivity contribution in [1.29, 1.82) is 0 Å². The molecule has 6 heteroatoms. The number of esters is 3. The first kappa shape index (κ1) is 77.9. The largest absolute Gasteiger partial charge is 0.462 e. The number of unbranched alkanes of at least 4 members (excludes halogenated alkanes) is 42. The quantitative estimate of drug-likeness (QED) is 0.0261. The zero-order chi connectivity index (χ0) is 58.5. The SMILES string of the molecule is CCCCC/C=C\C/C=C\C/C=C\CCCCCCCCC(=O)OC(COC(=O)CCCCCCCCC/C=C\C/C=C\CCCCC)COC(=O)CCCCCCCCCCCCCCCCC/C=C\CCCCCCCCCC. The molecule has 6 nitrogen and oxygen atoms in total. The van der Waals surface area contributed by atoms with Crippen molar-refractivity contribution in [2.75, 3.05) is 13.2 Å². The fraction of sp³-hybridized carbons (Fsp3) is 0.800. The van der Waals surface area contributed by atoms with Gasteiger partial charge in [0.2, 0.25) is 0 Å². The monoisotopic (exact) mass is 1130 g/mol. The summed E-state index contributed by atoms with van der Waals surface area (Å²) in [5.74, 6) is -0.882. The van der Waals surface area contributed by atoms with Crippen LogP contribution in [-0.4, -0.2) is 37.2 Å². The van der Waals surface area contributed by atoms with Crippen LogP contribution >= 0.6 is 0 Å². The number of ether oxygens (including phenoxy) is 3. The van der Waals surface area contributed by atoms with E-state index >= 15 is 0 Å². The predicted molar refractivity (Wildman–Crippen MR) is 353 cm³/mol. The van der Waals surface area contributed by atoms with Crippen LogP contribution in [0.1, 0.15) is 367 Å². The summed E-state index contributed by atoms with van der Waals surface area (Å²) in [6.45, 7) is 6.62. The van der Waals surface area contributed by atoms with Crippen molar-refractivity contribution in [2.24, 2.45) is 0 Å².